The second-order valence-electron chi connectivity index (χ2n) is 5.93. The monoisotopic (exact) mass is 366 g/mol. The third-order valence-electron chi connectivity index (χ3n) is 3.99. The van der Waals surface area contributed by atoms with Crippen LogP contribution in [0.1, 0.15) is 16.7 Å². The van der Waals surface area contributed by atoms with Crippen molar-refractivity contribution >= 4 is 11.8 Å². The van der Waals surface area contributed by atoms with Crippen LogP contribution in [0, 0.1) is 0 Å². The standard InChI is InChI=1S/C20H22N4OS/c1-25-19-5-3-16(4-6-19)13-24(14-17-7-9-21-10-8-17)15-18-11-22-20(26-2)23-12-18/h3-12H,13-15H2,1-2H3. The zero-order valence-electron chi connectivity index (χ0n) is 15.0. The molecule has 0 aliphatic heterocycles. The van der Waals surface area contributed by atoms with Gasteiger partial charge in [0.1, 0.15) is 5.75 Å². The third-order valence-corrected chi connectivity index (χ3v) is 4.57. The lowest BCUT2D eigenvalue weighted by atomic mass is 10.1. The van der Waals surface area contributed by atoms with Crippen molar-refractivity contribution in [2.45, 2.75) is 24.8 Å². The van der Waals surface area contributed by atoms with E-state index in [4.69, 9.17) is 4.74 Å². The normalized spacial score (nSPS) is 10.9. The Morgan fingerprint density at radius 1 is 0.846 bits per heavy atom. The summed E-state index contributed by atoms with van der Waals surface area (Å²) in [6.45, 7) is 2.44. The highest BCUT2D eigenvalue weighted by Crippen LogP contribution is 2.17. The van der Waals surface area contributed by atoms with Crippen molar-refractivity contribution in [3.8, 4) is 5.75 Å². The smallest absolute Gasteiger partial charge is 0.187 e. The first-order chi connectivity index (χ1) is 12.8. The lowest BCUT2D eigenvalue weighted by Crippen LogP contribution is -2.22. The molecule has 3 rings (SSSR count). The summed E-state index contributed by atoms with van der Waals surface area (Å²) in [6, 6.07) is 12.3. The van der Waals surface area contributed by atoms with Crippen molar-refractivity contribution in [2.75, 3.05) is 13.4 Å². The number of thioether (sulfide) groups is 1. The molecule has 0 aliphatic rings. The van der Waals surface area contributed by atoms with Crippen molar-refractivity contribution in [1.29, 1.82) is 0 Å². The molecule has 26 heavy (non-hydrogen) atoms. The van der Waals surface area contributed by atoms with Crippen LogP contribution >= 0.6 is 11.8 Å². The fourth-order valence-corrected chi connectivity index (χ4v) is 3.01. The van der Waals surface area contributed by atoms with Gasteiger partial charge in [0.2, 0.25) is 0 Å². The summed E-state index contributed by atoms with van der Waals surface area (Å²) in [5.41, 5.74) is 3.57. The first-order valence-electron chi connectivity index (χ1n) is 8.36. The average molecular weight is 366 g/mol. The minimum Gasteiger partial charge on any atom is -0.497 e. The maximum atomic E-state index is 5.25. The van der Waals surface area contributed by atoms with E-state index in [-0.39, 0.29) is 0 Å². The van der Waals surface area contributed by atoms with Crippen molar-refractivity contribution in [2.24, 2.45) is 0 Å². The van der Waals surface area contributed by atoms with Crippen molar-refractivity contribution in [3.05, 3.63) is 77.9 Å². The molecule has 134 valence electrons. The van der Waals surface area contributed by atoms with Crippen LogP contribution in [-0.2, 0) is 19.6 Å². The summed E-state index contributed by atoms with van der Waals surface area (Å²) >= 11 is 1.55. The topological polar surface area (TPSA) is 51.1 Å². The molecule has 0 amide bonds. The Morgan fingerprint density at radius 2 is 1.42 bits per heavy atom. The van der Waals surface area contributed by atoms with Gasteiger partial charge in [-0.3, -0.25) is 9.88 Å². The van der Waals surface area contributed by atoms with Gasteiger partial charge in [-0.1, -0.05) is 23.9 Å². The van der Waals surface area contributed by atoms with Crippen LogP contribution in [0.25, 0.3) is 0 Å². The Balaban J connectivity index is 1.75. The molecule has 0 unspecified atom stereocenters. The average Bonchev–Trinajstić information content (AvgIpc) is 2.70. The molecule has 0 radical (unpaired) electrons. The van der Waals surface area contributed by atoms with Crippen LogP contribution in [0.5, 0.6) is 5.75 Å². The first kappa shape index (κ1) is 18.4. The van der Waals surface area contributed by atoms with Crippen molar-refractivity contribution < 1.29 is 4.74 Å². The van der Waals surface area contributed by atoms with Gasteiger partial charge < -0.3 is 4.74 Å². The maximum Gasteiger partial charge on any atom is 0.187 e. The molecule has 6 heteroatoms. The number of pyridine rings is 1. The number of hydrogen-bond acceptors (Lipinski definition) is 6. The Labute approximate surface area is 158 Å². The molecule has 0 aliphatic carbocycles. The molecule has 0 N–H and O–H groups in total. The van der Waals surface area contributed by atoms with Gasteiger partial charge in [-0.2, -0.15) is 0 Å². The lowest BCUT2D eigenvalue weighted by Gasteiger charge is -2.22. The van der Waals surface area contributed by atoms with Crippen LogP contribution < -0.4 is 4.74 Å². The van der Waals surface area contributed by atoms with E-state index in [1.165, 1.54) is 11.1 Å². The second-order valence-corrected chi connectivity index (χ2v) is 6.70. The van der Waals surface area contributed by atoms with Crippen molar-refractivity contribution in [3.63, 3.8) is 0 Å². The molecular weight excluding hydrogens is 344 g/mol. The summed E-state index contributed by atoms with van der Waals surface area (Å²) in [5.74, 6) is 0.871. The van der Waals surface area contributed by atoms with Crippen LogP contribution in [0.2, 0.25) is 0 Å². The van der Waals surface area contributed by atoms with Gasteiger partial charge in [0, 0.05) is 50.0 Å². The van der Waals surface area contributed by atoms with Gasteiger partial charge in [-0.25, -0.2) is 9.97 Å². The summed E-state index contributed by atoms with van der Waals surface area (Å²) in [7, 11) is 1.68. The Morgan fingerprint density at radius 3 is 2.00 bits per heavy atom. The van der Waals surface area contributed by atoms with Crippen LogP contribution in [0.4, 0.5) is 0 Å². The molecular formula is C20H22N4OS. The zero-order valence-corrected chi connectivity index (χ0v) is 15.8. The number of rotatable bonds is 8. The summed E-state index contributed by atoms with van der Waals surface area (Å²) in [6.07, 6.45) is 9.46. The summed E-state index contributed by atoms with van der Waals surface area (Å²) in [5, 5.41) is 0.796. The Bertz CT molecular complexity index is 745. The summed E-state index contributed by atoms with van der Waals surface area (Å²) < 4.78 is 5.25. The molecule has 0 spiro atoms. The third kappa shape index (κ3) is 5.28. The molecule has 2 aromatic heterocycles. The molecule has 0 saturated carbocycles. The molecule has 2 heterocycles. The highest BCUT2D eigenvalue weighted by atomic mass is 32.2. The number of benzene rings is 1. The van der Waals surface area contributed by atoms with E-state index in [0.717, 1.165) is 36.1 Å². The summed E-state index contributed by atoms with van der Waals surface area (Å²) in [4.78, 5) is 15.2. The van der Waals surface area contributed by atoms with E-state index < -0.39 is 0 Å². The van der Waals surface area contributed by atoms with Crippen LogP contribution in [0.15, 0.2) is 66.3 Å². The minimum atomic E-state index is 0.781. The van der Waals surface area contributed by atoms with Crippen LogP contribution in [0.3, 0.4) is 0 Å². The van der Waals surface area contributed by atoms with E-state index in [0.29, 0.717) is 0 Å². The van der Waals surface area contributed by atoms with E-state index in [1.807, 2.05) is 55.3 Å². The molecule has 3 aromatic rings. The second kappa shape index (κ2) is 9.31. The highest BCUT2D eigenvalue weighted by Gasteiger charge is 2.10. The molecule has 0 atom stereocenters. The zero-order chi connectivity index (χ0) is 18.2. The molecule has 1 aromatic carbocycles. The van der Waals surface area contributed by atoms with Crippen LogP contribution in [-0.4, -0.2) is 33.2 Å². The van der Waals surface area contributed by atoms with E-state index in [2.05, 4.69) is 32.0 Å². The van der Waals surface area contributed by atoms with Gasteiger partial charge in [0.15, 0.2) is 5.16 Å². The first-order valence-corrected chi connectivity index (χ1v) is 9.58. The Kier molecular flexibility index (Phi) is 6.57. The number of hydrogen-bond donors (Lipinski definition) is 0. The number of ether oxygens (including phenoxy) is 1. The van der Waals surface area contributed by atoms with Gasteiger partial charge in [0.25, 0.3) is 0 Å². The van der Waals surface area contributed by atoms with Crippen molar-refractivity contribution in [1.82, 2.24) is 19.9 Å². The van der Waals surface area contributed by atoms with E-state index in [1.54, 1.807) is 18.9 Å². The molecule has 0 fully saturated rings. The van der Waals surface area contributed by atoms with E-state index in [9.17, 15) is 0 Å². The maximum absolute atomic E-state index is 5.25. The minimum absolute atomic E-state index is 0.781. The number of methoxy groups -OCH3 is 1. The van der Waals surface area contributed by atoms with E-state index >= 15 is 0 Å². The molecule has 5 nitrogen and oxygen atoms in total. The number of aromatic nitrogens is 3. The predicted octanol–water partition coefficient (Wildman–Crippen LogP) is 3.80. The van der Waals surface area contributed by atoms with Gasteiger partial charge >= 0.3 is 0 Å². The SMILES string of the molecule is COc1ccc(CN(Cc2ccncc2)Cc2cnc(SC)nc2)cc1. The van der Waals surface area contributed by atoms with Gasteiger partial charge in [-0.15, -0.1) is 0 Å². The highest BCUT2D eigenvalue weighted by molar-refractivity contribution is 7.98. The fourth-order valence-electron chi connectivity index (χ4n) is 2.69. The quantitative estimate of drug-likeness (QED) is 0.446. The lowest BCUT2D eigenvalue weighted by molar-refractivity contribution is 0.247. The molecule has 0 bridgehead atoms. The Hall–Kier alpha value is -2.44. The predicted molar refractivity (Wildman–Crippen MR) is 104 cm³/mol. The largest absolute Gasteiger partial charge is 0.497 e. The number of nitrogens with zero attached hydrogens (tertiary/aromatic N) is 4. The van der Waals surface area contributed by atoms with Gasteiger partial charge in [0.05, 0.1) is 7.11 Å². The molecule has 0 saturated heterocycles. The fraction of sp³-hybridized carbons (Fsp3) is 0.250. The van der Waals surface area contributed by atoms with Gasteiger partial charge in [-0.05, 0) is 41.6 Å².